The predicted octanol–water partition coefficient (Wildman–Crippen LogP) is -0.0825. The maximum Gasteiger partial charge on any atom is 0.307 e. The molecule has 2 N–H and O–H groups in total. The Balaban J connectivity index is 1.59. The van der Waals surface area contributed by atoms with E-state index in [-0.39, 0.29) is 11.8 Å². The van der Waals surface area contributed by atoms with Crippen molar-refractivity contribution >= 4 is 11.9 Å². The Labute approximate surface area is 94.8 Å². The molecule has 16 heavy (non-hydrogen) atoms. The summed E-state index contributed by atoms with van der Waals surface area (Å²) in [6.45, 7) is 1.47. The lowest BCUT2D eigenvalue weighted by atomic mass is 10.3. The molecule has 5 nitrogen and oxygen atoms in total. The summed E-state index contributed by atoms with van der Waals surface area (Å²) in [4.78, 5) is 24.3. The standard InChI is InChI=1S/C11H18N2O3/c1-13(7-2-3-7)5-4-12-10(14)8-6-9(8)11(15)16/h7-9H,2-6H2,1H3,(H,12,14)(H,15,16). The maximum absolute atomic E-state index is 11.5. The van der Waals surface area contributed by atoms with E-state index in [9.17, 15) is 9.59 Å². The molecule has 90 valence electrons. The molecule has 1 amide bonds. The van der Waals surface area contributed by atoms with Gasteiger partial charge >= 0.3 is 5.97 Å². The number of hydrogen-bond acceptors (Lipinski definition) is 3. The molecule has 2 atom stereocenters. The summed E-state index contributed by atoms with van der Waals surface area (Å²) in [5.74, 6) is -1.68. The highest BCUT2D eigenvalue weighted by atomic mass is 16.4. The molecule has 0 aliphatic heterocycles. The van der Waals surface area contributed by atoms with Crippen molar-refractivity contribution in [3.8, 4) is 0 Å². The second-order valence-electron chi connectivity index (χ2n) is 4.79. The molecule has 0 saturated heterocycles. The molecule has 0 radical (unpaired) electrons. The minimum Gasteiger partial charge on any atom is -0.481 e. The van der Waals surface area contributed by atoms with E-state index in [1.165, 1.54) is 12.8 Å². The zero-order valence-corrected chi connectivity index (χ0v) is 9.48. The molecule has 2 fully saturated rings. The third-order valence-corrected chi connectivity index (χ3v) is 3.38. The Hall–Kier alpha value is -1.10. The Kier molecular flexibility index (Phi) is 3.14. The van der Waals surface area contributed by atoms with E-state index < -0.39 is 11.9 Å². The van der Waals surface area contributed by atoms with E-state index in [1.807, 2.05) is 0 Å². The van der Waals surface area contributed by atoms with Crippen LogP contribution in [0.25, 0.3) is 0 Å². The van der Waals surface area contributed by atoms with Crippen LogP contribution in [0.3, 0.4) is 0 Å². The van der Waals surface area contributed by atoms with Crippen LogP contribution >= 0.6 is 0 Å². The average Bonchev–Trinajstić information content (AvgIpc) is 3.08. The molecule has 2 saturated carbocycles. The molecular formula is C11H18N2O3. The van der Waals surface area contributed by atoms with E-state index in [1.54, 1.807) is 0 Å². The molecule has 2 rings (SSSR count). The van der Waals surface area contributed by atoms with Crippen molar-refractivity contribution in [1.29, 1.82) is 0 Å². The topological polar surface area (TPSA) is 69.6 Å². The molecule has 0 heterocycles. The molecule has 0 aromatic heterocycles. The molecule has 2 unspecified atom stereocenters. The van der Waals surface area contributed by atoms with E-state index in [0.717, 1.165) is 6.54 Å². The molecular weight excluding hydrogens is 208 g/mol. The first-order valence-electron chi connectivity index (χ1n) is 5.80. The quantitative estimate of drug-likeness (QED) is 0.664. The van der Waals surface area contributed by atoms with Gasteiger partial charge in [-0.05, 0) is 26.3 Å². The van der Waals surface area contributed by atoms with Crippen LogP contribution in [-0.4, -0.2) is 48.1 Å². The number of aliphatic carboxylic acids is 1. The van der Waals surface area contributed by atoms with Gasteiger partial charge in [0.2, 0.25) is 5.91 Å². The highest BCUT2D eigenvalue weighted by Gasteiger charge is 2.48. The van der Waals surface area contributed by atoms with Crippen LogP contribution in [0.2, 0.25) is 0 Å². The Morgan fingerprint density at radius 1 is 1.38 bits per heavy atom. The van der Waals surface area contributed by atoms with Gasteiger partial charge in [-0.1, -0.05) is 0 Å². The van der Waals surface area contributed by atoms with Gasteiger partial charge in [0.15, 0.2) is 0 Å². The minimum atomic E-state index is -0.852. The van der Waals surface area contributed by atoms with Gasteiger partial charge in [0.1, 0.15) is 0 Å². The van der Waals surface area contributed by atoms with Crippen LogP contribution in [0.15, 0.2) is 0 Å². The number of carboxylic acids is 1. The number of carbonyl (C=O) groups is 2. The number of rotatable bonds is 6. The van der Waals surface area contributed by atoms with Crippen LogP contribution in [-0.2, 0) is 9.59 Å². The summed E-state index contributed by atoms with van der Waals surface area (Å²) in [6.07, 6.45) is 3.02. The molecule has 0 aromatic carbocycles. The minimum absolute atomic E-state index is 0.100. The van der Waals surface area contributed by atoms with Gasteiger partial charge < -0.3 is 15.3 Å². The second-order valence-corrected chi connectivity index (χ2v) is 4.79. The summed E-state index contributed by atoms with van der Waals surface area (Å²) in [5, 5.41) is 11.5. The molecule has 0 bridgehead atoms. The van der Waals surface area contributed by atoms with Crippen LogP contribution in [0.1, 0.15) is 19.3 Å². The summed E-state index contributed by atoms with van der Waals surface area (Å²) >= 11 is 0. The van der Waals surface area contributed by atoms with Gasteiger partial charge in [-0.3, -0.25) is 9.59 Å². The summed E-state index contributed by atoms with van der Waals surface area (Å²) in [5.41, 5.74) is 0. The number of amides is 1. The van der Waals surface area contributed by atoms with Crippen LogP contribution in [0, 0.1) is 11.8 Å². The summed E-state index contributed by atoms with van der Waals surface area (Å²) in [6, 6.07) is 0.699. The zero-order valence-electron chi connectivity index (χ0n) is 9.48. The van der Waals surface area contributed by atoms with Crippen LogP contribution in [0.4, 0.5) is 0 Å². The normalized spacial score (nSPS) is 27.9. The second kappa shape index (κ2) is 4.41. The number of hydrogen-bond donors (Lipinski definition) is 2. The highest BCUT2D eigenvalue weighted by Crippen LogP contribution is 2.38. The highest BCUT2D eigenvalue weighted by molar-refractivity contribution is 5.89. The van der Waals surface area contributed by atoms with Crippen LogP contribution < -0.4 is 5.32 Å². The Morgan fingerprint density at radius 2 is 2.06 bits per heavy atom. The third-order valence-electron chi connectivity index (χ3n) is 3.38. The van der Waals surface area contributed by atoms with Crippen molar-refractivity contribution in [3.63, 3.8) is 0 Å². The number of carboxylic acid groups (broad SMARTS) is 1. The number of carbonyl (C=O) groups excluding carboxylic acids is 1. The predicted molar refractivity (Wildman–Crippen MR) is 57.9 cm³/mol. The van der Waals surface area contributed by atoms with Crippen molar-refractivity contribution in [2.24, 2.45) is 11.8 Å². The van der Waals surface area contributed by atoms with Gasteiger partial charge in [-0.25, -0.2) is 0 Å². The van der Waals surface area contributed by atoms with Crippen molar-refractivity contribution in [2.45, 2.75) is 25.3 Å². The molecule has 2 aliphatic carbocycles. The van der Waals surface area contributed by atoms with Crippen molar-refractivity contribution < 1.29 is 14.7 Å². The fourth-order valence-electron chi connectivity index (χ4n) is 1.94. The van der Waals surface area contributed by atoms with E-state index in [4.69, 9.17) is 5.11 Å². The number of nitrogens with one attached hydrogen (secondary N) is 1. The molecule has 2 aliphatic rings. The van der Waals surface area contributed by atoms with Crippen molar-refractivity contribution in [1.82, 2.24) is 10.2 Å². The van der Waals surface area contributed by atoms with E-state index in [2.05, 4.69) is 17.3 Å². The maximum atomic E-state index is 11.5. The fourth-order valence-corrected chi connectivity index (χ4v) is 1.94. The summed E-state index contributed by atoms with van der Waals surface area (Å²) in [7, 11) is 2.06. The molecule has 5 heteroatoms. The fraction of sp³-hybridized carbons (Fsp3) is 0.818. The van der Waals surface area contributed by atoms with Gasteiger partial charge in [-0.2, -0.15) is 0 Å². The van der Waals surface area contributed by atoms with Crippen molar-refractivity contribution in [3.05, 3.63) is 0 Å². The molecule has 0 spiro atoms. The number of likely N-dealkylation sites (N-methyl/N-ethyl adjacent to an activating group) is 1. The monoisotopic (exact) mass is 226 g/mol. The van der Waals surface area contributed by atoms with Crippen LogP contribution in [0.5, 0.6) is 0 Å². The largest absolute Gasteiger partial charge is 0.481 e. The number of nitrogens with zero attached hydrogens (tertiary/aromatic N) is 1. The first-order chi connectivity index (χ1) is 7.59. The first-order valence-corrected chi connectivity index (χ1v) is 5.80. The van der Waals surface area contributed by atoms with Gasteiger partial charge in [0.05, 0.1) is 11.8 Å². The Bertz CT molecular complexity index is 302. The molecule has 0 aromatic rings. The lowest BCUT2D eigenvalue weighted by molar-refractivity contribution is -0.140. The van der Waals surface area contributed by atoms with E-state index in [0.29, 0.717) is 19.0 Å². The SMILES string of the molecule is CN(CCNC(=O)C1CC1C(=O)O)C1CC1. The smallest absolute Gasteiger partial charge is 0.307 e. The lowest BCUT2D eigenvalue weighted by Crippen LogP contribution is -2.35. The lowest BCUT2D eigenvalue weighted by Gasteiger charge is -2.15. The van der Waals surface area contributed by atoms with Gasteiger partial charge in [0, 0.05) is 19.1 Å². The van der Waals surface area contributed by atoms with Gasteiger partial charge in [-0.15, -0.1) is 0 Å². The van der Waals surface area contributed by atoms with E-state index >= 15 is 0 Å². The van der Waals surface area contributed by atoms with Gasteiger partial charge in [0.25, 0.3) is 0 Å². The average molecular weight is 226 g/mol. The zero-order chi connectivity index (χ0) is 11.7. The van der Waals surface area contributed by atoms with Crippen molar-refractivity contribution in [2.75, 3.05) is 20.1 Å². The Morgan fingerprint density at radius 3 is 2.56 bits per heavy atom. The third kappa shape index (κ3) is 2.72. The summed E-state index contributed by atoms with van der Waals surface area (Å²) < 4.78 is 0. The first kappa shape index (κ1) is 11.4.